The van der Waals surface area contributed by atoms with Crippen LogP contribution >= 0.6 is 0 Å². The molecule has 1 aromatic carbocycles. The third-order valence-corrected chi connectivity index (χ3v) is 4.75. The predicted molar refractivity (Wildman–Crippen MR) is 67.3 cm³/mol. The van der Waals surface area contributed by atoms with E-state index < -0.39 is 21.8 Å². The van der Waals surface area contributed by atoms with Gasteiger partial charge in [0.15, 0.2) is 0 Å². The van der Waals surface area contributed by atoms with Gasteiger partial charge in [-0.15, -0.1) is 0 Å². The zero-order valence-corrected chi connectivity index (χ0v) is 11.3. The van der Waals surface area contributed by atoms with E-state index in [-0.39, 0.29) is 23.4 Å². The SMILES string of the molecule is NCC(NS(=O)(=O)c1ccc(C(F)(F)F)cc1)C1CC1. The van der Waals surface area contributed by atoms with Crippen molar-refractivity contribution in [1.29, 1.82) is 0 Å². The van der Waals surface area contributed by atoms with Crippen LogP contribution in [0.3, 0.4) is 0 Å². The van der Waals surface area contributed by atoms with Gasteiger partial charge in [0.25, 0.3) is 0 Å². The molecule has 0 radical (unpaired) electrons. The van der Waals surface area contributed by atoms with Crippen molar-refractivity contribution in [2.75, 3.05) is 6.54 Å². The lowest BCUT2D eigenvalue weighted by molar-refractivity contribution is -0.137. The number of sulfonamides is 1. The van der Waals surface area contributed by atoms with E-state index in [0.29, 0.717) is 0 Å². The van der Waals surface area contributed by atoms with E-state index >= 15 is 0 Å². The molecule has 4 nitrogen and oxygen atoms in total. The largest absolute Gasteiger partial charge is 0.416 e. The molecular formula is C12H15F3N2O2S. The Morgan fingerprint density at radius 2 is 1.80 bits per heavy atom. The molecular weight excluding hydrogens is 293 g/mol. The van der Waals surface area contributed by atoms with Gasteiger partial charge in [-0.3, -0.25) is 0 Å². The van der Waals surface area contributed by atoms with Crippen molar-refractivity contribution in [2.24, 2.45) is 11.7 Å². The highest BCUT2D eigenvalue weighted by molar-refractivity contribution is 7.89. The Labute approximate surface area is 115 Å². The summed E-state index contributed by atoms with van der Waals surface area (Å²) in [5, 5.41) is 0. The molecule has 3 N–H and O–H groups in total. The Hall–Kier alpha value is -1.12. The van der Waals surface area contributed by atoms with Crippen LogP contribution in [0, 0.1) is 5.92 Å². The standard InChI is InChI=1S/C12H15F3N2O2S/c13-12(14,15)9-3-5-10(6-4-9)20(18,19)17-11(7-16)8-1-2-8/h3-6,8,11,17H,1-2,7,16H2. The zero-order chi connectivity index (χ0) is 15.0. The molecule has 0 bridgehead atoms. The zero-order valence-electron chi connectivity index (χ0n) is 10.5. The van der Waals surface area contributed by atoms with Gasteiger partial charge in [-0.05, 0) is 43.0 Å². The maximum atomic E-state index is 12.4. The summed E-state index contributed by atoms with van der Waals surface area (Å²) in [6.45, 7) is 0.171. The van der Waals surface area contributed by atoms with Crippen molar-refractivity contribution < 1.29 is 21.6 Å². The third-order valence-electron chi connectivity index (χ3n) is 3.24. The Balaban J connectivity index is 2.17. The lowest BCUT2D eigenvalue weighted by atomic mass is 10.2. The van der Waals surface area contributed by atoms with E-state index in [1.807, 2.05) is 0 Å². The molecule has 20 heavy (non-hydrogen) atoms. The summed E-state index contributed by atoms with van der Waals surface area (Å²) >= 11 is 0. The number of hydrogen-bond donors (Lipinski definition) is 2. The van der Waals surface area contributed by atoms with Crippen LogP contribution in [0.2, 0.25) is 0 Å². The topological polar surface area (TPSA) is 72.2 Å². The average Bonchev–Trinajstić information content (AvgIpc) is 3.19. The molecule has 0 aromatic heterocycles. The second-order valence-electron chi connectivity index (χ2n) is 4.82. The van der Waals surface area contributed by atoms with Gasteiger partial charge >= 0.3 is 6.18 Å². The van der Waals surface area contributed by atoms with E-state index in [1.54, 1.807) is 0 Å². The summed E-state index contributed by atoms with van der Waals surface area (Å²) in [4.78, 5) is -0.190. The molecule has 1 aliphatic carbocycles. The Morgan fingerprint density at radius 1 is 1.25 bits per heavy atom. The molecule has 2 rings (SSSR count). The lowest BCUT2D eigenvalue weighted by Gasteiger charge is -2.16. The highest BCUT2D eigenvalue weighted by Crippen LogP contribution is 2.33. The van der Waals surface area contributed by atoms with Crippen LogP contribution in [-0.2, 0) is 16.2 Å². The minimum absolute atomic E-state index is 0.171. The van der Waals surface area contributed by atoms with Gasteiger partial charge in [0.2, 0.25) is 10.0 Å². The second kappa shape index (κ2) is 5.34. The van der Waals surface area contributed by atoms with Crippen LogP contribution in [0.1, 0.15) is 18.4 Å². The first kappa shape index (κ1) is 15.3. The normalized spacial score (nSPS) is 18.0. The van der Waals surface area contributed by atoms with E-state index in [4.69, 9.17) is 5.73 Å². The van der Waals surface area contributed by atoms with Gasteiger partial charge < -0.3 is 5.73 Å². The molecule has 1 aromatic rings. The number of halogens is 3. The Kier molecular flexibility index (Phi) is 4.08. The average molecular weight is 308 g/mol. The van der Waals surface area contributed by atoms with Gasteiger partial charge in [-0.2, -0.15) is 13.2 Å². The van der Waals surface area contributed by atoms with Gasteiger partial charge in [0.05, 0.1) is 10.5 Å². The summed E-state index contributed by atoms with van der Waals surface area (Å²) < 4.78 is 63.8. The fourth-order valence-electron chi connectivity index (χ4n) is 1.93. The van der Waals surface area contributed by atoms with Gasteiger partial charge in [0, 0.05) is 12.6 Å². The molecule has 0 spiro atoms. The third kappa shape index (κ3) is 3.50. The van der Waals surface area contributed by atoms with Crippen molar-refractivity contribution in [3.05, 3.63) is 29.8 Å². The lowest BCUT2D eigenvalue weighted by Crippen LogP contribution is -2.41. The summed E-state index contributed by atoms with van der Waals surface area (Å²) in [6, 6.07) is 3.05. The summed E-state index contributed by atoms with van der Waals surface area (Å²) in [6.07, 6.45) is -2.65. The van der Waals surface area contributed by atoms with Crippen LogP contribution in [0.4, 0.5) is 13.2 Å². The van der Waals surface area contributed by atoms with Crippen molar-refractivity contribution in [3.8, 4) is 0 Å². The molecule has 0 amide bonds. The minimum Gasteiger partial charge on any atom is -0.329 e. The number of nitrogens with one attached hydrogen (secondary N) is 1. The molecule has 1 atom stereocenters. The van der Waals surface area contributed by atoms with Crippen LogP contribution < -0.4 is 10.5 Å². The van der Waals surface area contributed by atoms with Crippen LogP contribution in [0.5, 0.6) is 0 Å². The molecule has 1 unspecified atom stereocenters. The Bertz CT molecular complexity index is 565. The van der Waals surface area contributed by atoms with Crippen molar-refractivity contribution >= 4 is 10.0 Å². The summed E-state index contributed by atoms with van der Waals surface area (Å²) in [5.41, 5.74) is 4.62. The number of benzene rings is 1. The van der Waals surface area contributed by atoms with Crippen molar-refractivity contribution in [2.45, 2.75) is 30.0 Å². The van der Waals surface area contributed by atoms with Crippen LogP contribution in [-0.4, -0.2) is 21.0 Å². The first-order valence-electron chi connectivity index (χ1n) is 6.13. The highest BCUT2D eigenvalue weighted by atomic mass is 32.2. The molecule has 0 aliphatic heterocycles. The monoisotopic (exact) mass is 308 g/mol. The fraction of sp³-hybridized carbons (Fsp3) is 0.500. The van der Waals surface area contributed by atoms with E-state index in [9.17, 15) is 21.6 Å². The van der Waals surface area contributed by atoms with E-state index in [2.05, 4.69) is 4.72 Å². The first-order chi connectivity index (χ1) is 9.24. The molecule has 1 aliphatic rings. The predicted octanol–water partition coefficient (Wildman–Crippen LogP) is 1.72. The van der Waals surface area contributed by atoms with E-state index in [0.717, 1.165) is 37.1 Å². The molecule has 8 heteroatoms. The smallest absolute Gasteiger partial charge is 0.329 e. The molecule has 0 saturated heterocycles. The van der Waals surface area contributed by atoms with Gasteiger partial charge in [-0.25, -0.2) is 13.1 Å². The maximum absolute atomic E-state index is 12.4. The first-order valence-corrected chi connectivity index (χ1v) is 7.62. The molecule has 1 saturated carbocycles. The fourth-order valence-corrected chi connectivity index (χ4v) is 3.24. The van der Waals surface area contributed by atoms with Gasteiger partial charge in [0.1, 0.15) is 0 Å². The Morgan fingerprint density at radius 3 is 2.20 bits per heavy atom. The van der Waals surface area contributed by atoms with Crippen LogP contribution in [0.25, 0.3) is 0 Å². The molecule has 0 heterocycles. The van der Waals surface area contributed by atoms with Crippen LogP contribution in [0.15, 0.2) is 29.2 Å². The molecule has 112 valence electrons. The van der Waals surface area contributed by atoms with E-state index in [1.165, 1.54) is 0 Å². The quantitative estimate of drug-likeness (QED) is 0.870. The molecule has 1 fully saturated rings. The summed E-state index contributed by atoms with van der Waals surface area (Å²) in [5.74, 6) is 0.226. The van der Waals surface area contributed by atoms with Crippen molar-refractivity contribution in [3.63, 3.8) is 0 Å². The van der Waals surface area contributed by atoms with Gasteiger partial charge in [-0.1, -0.05) is 0 Å². The highest BCUT2D eigenvalue weighted by Gasteiger charge is 2.34. The van der Waals surface area contributed by atoms with Crippen molar-refractivity contribution in [1.82, 2.24) is 4.72 Å². The number of rotatable bonds is 5. The minimum atomic E-state index is -4.48. The summed E-state index contributed by atoms with van der Waals surface area (Å²) in [7, 11) is -3.84. The number of nitrogens with two attached hydrogens (primary N) is 1. The maximum Gasteiger partial charge on any atom is 0.416 e. The number of hydrogen-bond acceptors (Lipinski definition) is 3. The second-order valence-corrected chi connectivity index (χ2v) is 6.54. The number of alkyl halides is 3.